The van der Waals surface area contributed by atoms with Gasteiger partial charge in [-0.25, -0.2) is 14.1 Å². The highest BCUT2D eigenvalue weighted by atomic mass is 19.1. The van der Waals surface area contributed by atoms with Crippen LogP contribution in [0.4, 0.5) is 15.8 Å². The molecule has 34 heavy (non-hydrogen) atoms. The van der Waals surface area contributed by atoms with Crippen LogP contribution in [0.25, 0.3) is 5.69 Å². The van der Waals surface area contributed by atoms with Crippen LogP contribution in [0.1, 0.15) is 43.0 Å². The topological polar surface area (TPSA) is 100 Å². The predicted molar refractivity (Wildman–Crippen MR) is 122 cm³/mol. The van der Waals surface area contributed by atoms with Gasteiger partial charge in [-0.05, 0) is 50.1 Å². The third kappa shape index (κ3) is 3.60. The molecule has 10 heteroatoms. The minimum Gasteiger partial charge on any atom is -0.326 e. The van der Waals surface area contributed by atoms with Crippen molar-refractivity contribution in [1.82, 2.24) is 19.7 Å². The van der Waals surface area contributed by atoms with Crippen molar-refractivity contribution in [3.05, 3.63) is 66.5 Å². The summed E-state index contributed by atoms with van der Waals surface area (Å²) in [7, 11) is 0. The number of rotatable bonds is 6. The van der Waals surface area contributed by atoms with E-state index in [1.807, 2.05) is 13.0 Å². The molecule has 1 N–H and O–H groups in total. The molecular weight excluding hydrogens is 439 g/mol. The number of carbonyl (C=O) groups is 3. The van der Waals surface area contributed by atoms with Crippen molar-refractivity contribution in [3.8, 4) is 5.69 Å². The van der Waals surface area contributed by atoms with E-state index in [9.17, 15) is 18.8 Å². The minimum atomic E-state index is -0.751. The number of nitrogens with one attached hydrogen (secondary N) is 1. The Bertz CT molecular complexity index is 1280. The number of anilines is 2. The Hall–Kier alpha value is -4.08. The number of hydrogen-bond donors (Lipinski definition) is 1. The average molecular weight is 462 g/mol. The molecule has 2 aromatic carbocycles. The van der Waals surface area contributed by atoms with Crippen LogP contribution in [0.15, 0.2) is 55.1 Å². The van der Waals surface area contributed by atoms with Crippen LogP contribution in [-0.2, 0) is 9.59 Å². The number of para-hydroxylation sites is 1. The van der Waals surface area contributed by atoms with E-state index in [4.69, 9.17) is 0 Å². The molecule has 1 saturated heterocycles. The van der Waals surface area contributed by atoms with Gasteiger partial charge >= 0.3 is 0 Å². The number of fused-ring (bicyclic) bond motifs is 3. The molecule has 0 bridgehead atoms. The molecule has 1 unspecified atom stereocenters. The standard InChI is InChI=1S/C24H23FN6O3/c1-24-11-10-22(33)31(24)19-6-3-2-5-17(19)23(34)29(24)12-4-7-21(32)28-16-8-9-20(18(25)13-16)30-15-26-14-27-30/h2-3,5-6,8-9,13-15H,4,7,10-12H2,1H3,(H,28,32). The molecule has 1 aromatic heterocycles. The predicted octanol–water partition coefficient (Wildman–Crippen LogP) is 3.12. The Morgan fingerprint density at radius 3 is 2.76 bits per heavy atom. The Balaban J connectivity index is 1.24. The lowest BCUT2D eigenvalue weighted by Crippen LogP contribution is -2.62. The first-order valence-electron chi connectivity index (χ1n) is 11.1. The number of aromatic nitrogens is 3. The van der Waals surface area contributed by atoms with Gasteiger partial charge < -0.3 is 10.2 Å². The highest BCUT2D eigenvalue weighted by Crippen LogP contribution is 2.44. The van der Waals surface area contributed by atoms with Gasteiger partial charge in [0.2, 0.25) is 11.8 Å². The molecule has 3 heterocycles. The zero-order valence-corrected chi connectivity index (χ0v) is 18.6. The lowest BCUT2D eigenvalue weighted by Gasteiger charge is -2.48. The zero-order valence-electron chi connectivity index (χ0n) is 18.6. The number of halogens is 1. The summed E-state index contributed by atoms with van der Waals surface area (Å²) >= 11 is 0. The summed E-state index contributed by atoms with van der Waals surface area (Å²) in [6.07, 6.45) is 4.14. The molecule has 2 aliphatic rings. The van der Waals surface area contributed by atoms with Crippen LogP contribution in [0, 0.1) is 5.82 Å². The summed E-state index contributed by atoms with van der Waals surface area (Å²) in [4.78, 5) is 45.6. The number of benzene rings is 2. The van der Waals surface area contributed by atoms with E-state index in [-0.39, 0.29) is 29.8 Å². The maximum Gasteiger partial charge on any atom is 0.257 e. The van der Waals surface area contributed by atoms with Gasteiger partial charge in [0.15, 0.2) is 5.82 Å². The van der Waals surface area contributed by atoms with Gasteiger partial charge in [-0.1, -0.05) is 12.1 Å². The summed E-state index contributed by atoms with van der Waals surface area (Å²) in [5, 5.41) is 6.59. The van der Waals surface area contributed by atoms with Gasteiger partial charge in [0, 0.05) is 25.1 Å². The molecule has 0 radical (unpaired) electrons. The Morgan fingerprint density at radius 1 is 1.18 bits per heavy atom. The highest BCUT2D eigenvalue weighted by Gasteiger charge is 2.52. The van der Waals surface area contributed by atoms with Crippen molar-refractivity contribution in [2.45, 2.75) is 38.3 Å². The van der Waals surface area contributed by atoms with Gasteiger partial charge in [0.25, 0.3) is 5.91 Å². The van der Waals surface area contributed by atoms with Crippen LogP contribution in [-0.4, -0.2) is 49.6 Å². The molecular formula is C24H23FN6O3. The molecule has 9 nitrogen and oxygen atoms in total. The molecule has 1 fully saturated rings. The summed E-state index contributed by atoms with van der Waals surface area (Å²) in [6, 6.07) is 11.4. The van der Waals surface area contributed by atoms with Crippen LogP contribution in [0.2, 0.25) is 0 Å². The van der Waals surface area contributed by atoms with Crippen molar-refractivity contribution in [2.75, 3.05) is 16.8 Å². The number of hydrogen-bond acceptors (Lipinski definition) is 5. The number of nitrogens with zero attached hydrogens (tertiary/aromatic N) is 5. The van der Waals surface area contributed by atoms with E-state index in [0.29, 0.717) is 42.7 Å². The van der Waals surface area contributed by atoms with E-state index >= 15 is 0 Å². The smallest absolute Gasteiger partial charge is 0.257 e. The molecule has 1 atom stereocenters. The fraction of sp³-hybridized carbons (Fsp3) is 0.292. The Labute approximate surface area is 195 Å². The fourth-order valence-corrected chi connectivity index (χ4v) is 4.77. The summed E-state index contributed by atoms with van der Waals surface area (Å²) in [5.74, 6) is -0.987. The quantitative estimate of drug-likeness (QED) is 0.607. The van der Waals surface area contributed by atoms with Crippen molar-refractivity contribution in [1.29, 1.82) is 0 Å². The first-order chi connectivity index (χ1) is 16.4. The first kappa shape index (κ1) is 21.7. The van der Waals surface area contributed by atoms with Gasteiger partial charge in [-0.15, -0.1) is 0 Å². The van der Waals surface area contributed by atoms with E-state index in [1.54, 1.807) is 34.1 Å². The molecule has 3 amide bonds. The largest absolute Gasteiger partial charge is 0.326 e. The third-order valence-electron chi connectivity index (χ3n) is 6.43. The maximum atomic E-state index is 14.4. The van der Waals surface area contributed by atoms with Crippen LogP contribution < -0.4 is 10.2 Å². The summed E-state index contributed by atoms with van der Waals surface area (Å²) < 4.78 is 15.7. The average Bonchev–Trinajstić information content (AvgIpc) is 3.45. The second kappa shape index (κ2) is 8.36. The van der Waals surface area contributed by atoms with Crippen LogP contribution >= 0.6 is 0 Å². The van der Waals surface area contributed by atoms with Crippen molar-refractivity contribution >= 4 is 29.1 Å². The maximum absolute atomic E-state index is 14.4. The molecule has 0 spiro atoms. The van der Waals surface area contributed by atoms with Gasteiger partial charge in [0.1, 0.15) is 24.0 Å². The van der Waals surface area contributed by atoms with Crippen LogP contribution in [0.3, 0.4) is 0 Å². The Morgan fingerprint density at radius 2 is 2.00 bits per heavy atom. The second-order valence-electron chi connectivity index (χ2n) is 8.58. The third-order valence-corrected chi connectivity index (χ3v) is 6.43. The molecule has 174 valence electrons. The molecule has 0 saturated carbocycles. The van der Waals surface area contributed by atoms with Gasteiger partial charge in [-0.2, -0.15) is 5.10 Å². The number of carbonyl (C=O) groups excluding carboxylic acids is 3. The fourth-order valence-electron chi connectivity index (χ4n) is 4.77. The van der Waals surface area contributed by atoms with E-state index in [1.165, 1.54) is 29.5 Å². The van der Waals surface area contributed by atoms with Crippen molar-refractivity contribution in [2.24, 2.45) is 0 Å². The first-order valence-corrected chi connectivity index (χ1v) is 11.1. The Kier molecular flexibility index (Phi) is 5.35. The zero-order chi connectivity index (χ0) is 23.9. The molecule has 0 aliphatic carbocycles. The highest BCUT2D eigenvalue weighted by molar-refractivity contribution is 6.10. The molecule has 2 aliphatic heterocycles. The van der Waals surface area contributed by atoms with Gasteiger partial charge in [0.05, 0.1) is 11.3 Å². The van der Waals surface area contributed by atoms with Crippen molar-refractivity contribution in [3.63, 3.8) is 0 Å². The summed E-state index contributed by atoms with van der Waals surface area (Å²) in [6.45, 7) is 2.21. The van der Waals surface area contributed by atoms with E-state index < -0.39 is 11.5 Å². The molecule has 5 rings (SSSR count). The van der Waals surface area contributed by atoms with E-state index in [0.717, 1.165) is 0 Å². The van der Waals surface area contributed by atoms with E-state index in [2.05, 4.69) is 15.4 Å². The van der Waals surface area contributed by atoms with Crippen molar-refractivity contribution < 1.29 is 18.8 Å². The lowest BCUT2D eigenvalue weighted by atomic mass is 9.98. The summed E-state index contributed by atoms with van der Waals surface area (Å²) in [5.41, 5.74) is 0.932. The normalized spacial score (nSPS) is 19.2. The minimum absolute atomic E-state index is 0.0124. The monoisotopic (exact) mass is 462 g/mol. The SMILES string of the molecule is CC12CCC(=O)N1c1ccccc1C(=O)N2CCCC(=O)Nc1ccc(-n2cncn2)c(F)c1. The van der Waals surface area contributed by atoms with Gasteiger partial charge in [-0.3, -0.25) is 19.3 Å². The van der Waals surface area contributed by atoms with Crippen LogP contribution in [0.5, 0.6) is 0 Å². The lowest BCUT2D eigenvalue weighted by molar-refractivity contribution is -0.118. The molecule has 3 aromatic rings. The number of amides is 3. The second-order valence-corrected chi connectivity index (χ2v) is 8.58.